The van der Waals surface area contributed by atoms with E-state index in [1.165, 1.54) is 18.2 Å². The van der Waals surface area contributed by atoms with Crippen LogP contribution in [0.5, 0.6) is 11.5 Å². The average molecular weight is 254 g/mol. The molecule has 0 heterocycles. The minimum Gasteiger partial charge on any atom is -0.504 e. The highest BCUT2D eigenvalue weighted by molar-refractivity contribution is 6.38. The van der Waals surface area contributed by atoms with Crippen molar-refractivity contribution in [3.63, 3.8) is 0 Å². The van der Waals surface area contributed by atoms with Crippen molar-refractivity contribution < 1.29 is 30.0 Å². The van der Waals surface area contributed by atoms with Gasteiger partial charge in [-0.1, -0.05) is 6.07 Å². The fraction of sp³-hybridized carbons (Fsp3) is 0.333. The average Bonchev–Trinajstić information content (AvgIpc) is 2.37. The van der Waals surface area contributed by atoms with Gasteiger partial charge in [-0.2, -0.15) is 0 Å². The Labute approximate surface area is 103 Å². The number of hydrogen-bond acceptors (Lipinski definition) is 6. The number of aryl methyl sites for hydroxylation is 1. The van der Waals surface area contributed by atoms with Gasteiger partial charge in [0.1, 0.15) is 6.10 Å². The van der Waals surface area contributed by atoms with E-state index in [0.717, 1.165) is 0 Å². The Bertz CT molecular complexity index is 454. The molecule has 0 fully saturated rings. The molecular weight excluding hydrogens is 240 g/mol. The first-order valence-electron chi connectivity index (χ1n) is 5.32. The van der Waals surface area contributed by atoms with Gasteiger partial charge in [-0.15, -0.1) is 0 Å². The summed E-state index contributed by atoms with van der Waals surface area (Å²) >= 11 is 0. The number of rotatable bonds is 6. The summed E-state index contributed by atoms with van der Waals surface area (Å²) in [6.07, 6.45) is -1.62. The topological polar surface area (TPSA) is 115 Å². The van der Waals surface area contributed by atoms with Gasteiger partial charge in [0.2, 0.25) is 11.6 Å². The van der Waals surface area contributed by atoms with E-state index in [9.17, 15) is 14.7 Å². The molecule has 0 spiro atoms. The van der Waals surface area contributed by atoms with Crippen LogP contribution in [0, 0.1) is 0 Å². The summed E-state index contributed by atoms with van der Waals surface area (Å²) in [5, 5.41) is 35.8. The van der Waals surface area contributed by atoms with Gasteiger partial charge >= 0.3 is 0 Å². The Kier molecular flexibility index (Phi) is 4.82. The van der Waals surface area contributed by atoms with Gasteiger partial charge in [0.25, 0.3) is 0 Å². The summed E-state index contributed by atoms with van der Waals surface area (Å²) < 4.78 is 0. The molecule has 0 radical (unpaired) electrons. The van der Waals surface area contributed by atoms with Crippen molar-refractivity contribution in [1.29, 1.82) is 0 Å². The van der Waals surface area contributed by atoms with Crippen molar-refractivity contribution in [1.82, 2.24) is 0 Å². The Morgan fingerprint density at radius 2 is 1.83 bits per heavy atom. The van der Waals surface area contributed by atoms with Crippen LogP contribution in [0.25, 0.3) is 0 Å². The molecule has 0 bridgehead atoms. The number of aliphatic hydroxyl groups excluding tert-OH is 2. The van der Waals surface area contributed by atoms with Crippen LogP contribution in [-0.4, -0.2) is 44.7 Å². The van der Waals surface area contributed by atoms with Crippen molar-refractivity contribution >= 4 is 11.6 Å². The quantitative estimate of drug-likeness (QED) is 0.402. The zero-order valence-electron chi connectivity index (χ0n) is 9.54. The van der Waals surface area contributed by atoms with E-state index in [1.54, 1.807) is 0 Å². The van der Waals surface area contributed by atoms with Crippen LogP contribution < -0.4 is 0 Å². The van der Waals surface area contributed by atoms with E-state index in [1.807, 2.05) is 0 Å². The van der Waals surface area contributed by atoms with Crippen LogP contribution in [0.1, 0.15) is 12.0 Å². The van der Waals surface area contributed by atoms with E-state index in [-0.39, 0.29) is 24.3 Å². The Morgan fingerprint density at radius 1 is 1.17 bits per heavy atom. The molecule has 0 aromatic heterocycles. The first kappa shape index (κ1) is 14.1. The van der Waals surface area contributed by atoms with Crippen molar-refractivity contribution in [2.45, 2.75) is 18.9 Å². The van der Waals surface area contributed by atoms with Gasteiger partial charge in [-0.05, 0) is 24.1 Å². The molecule has 1 unspecified atom stereocenters. The lowest BCUT2D eigenvalue weighted by Gasteiger charge is -2.05. The van der Waals surface area contributed by atoms with Gasteiger partial charge in [0.05, 0.1) is 6.61 Å². The van der Waals surface area contributed by atoms with Gasteiger partial charge < -0.3 is 20.4 Å². The summed E-state index contributed by atoms with van der Waals surface area (Å²) in [4.78, 5) is 22.5. The maximum absolute atomic E-state index is 11.3. The first-order valence-corrected chi connectivity index (χ1v) is 5.32. The molecule has 0 amide bonds. The lowest BCUT2D eigenvalue weighted by Crippen LogP contribution is -2.31. The Hall–Kier alpha value is -1.92. The number of aromatic hydroxyl groups is 2. The van der Waals surface area contributed by atoms with Gasteiger partial charge in [-0.3, -0.25) is 9.59 Å². The predicted octanol–water partition coefficient (Wildman–Crippen LogP) is -0.478. The molecule has 0 aliphatic heterocycles. The number of phenolic OH excluding ortho intramolecular Hbond substituents is 2. The molecule has 98 valence electrons. The molecule has 18 heavy (non-hydrogen) atoms. The van der Waals surface area contributed by atoms with Gasteiger partial charge in [0.15, 0.2) is 11.5 Å². The smallest absolute Gasteiger partial charge is 0.229 e. The summed E-state index contributed by atoms with van der Waals surface area (Å²) in [5.74, 6) is -2.39. The highest BCUT2D eigenvalue weighted by Gasteiger charge is 2.21. The second-order valence-corrected chi connectivity index (χ2v) is 3.81. The van der Waals surface area contributed by atoms with Crippen LogP contribution in [0.2, 0.25) is 0 Å². The minimum atomic E-state index is -1.68. The van der Waals surface area contributed by atoms with E-state index in [2.05, 4.69) is 0 Å². The Morgan fingerprint density at radius 3 is 2.39 bits per heavy atom. The second-order valence-electron chi connectivity index (χ2n) is 3.81. The third-order valence-corrected chi connectivity index (χ3v) is 2.43. The number of Topliss-reactive ketones (excluding diaryl/α,β-unsaturated/α-hetero) is 2. The molecule has 0 aliphatic carbocycles. The predicted molar refractivity (Wildman–Crippen MR) is 61.2 cm³/mol. The molecule has 1 aromatic carbocycles. The van der Waals surface area contributed by atoms with Crippen LogP contribution in [0.15, 0.2) is 18.2 Å². The standard InChI is InChI=1S/C12H14O6/c13-6-11(17)12(18)9(15)4-2-7-1-3-8(14)10(16)5-7/h1,3,5,11,13-14,16-17H,2,4,6H2. The molecule has 6 heteroatoms. The lowest BCUT2D eigenvalue weighted by molar-refractivity contribution is -0.142. The van der Waals surface area contributed by atoms with Crippen LogP contribution in [0.4, 0.5) is 0 Å². The monoisotopic (exact) mass is 254 g/mol. The molecular formula is C12H14O6. The molecule has 4 N–H and O–H groups in total. The highest BCUT2D eigenvalue weighted by Crippen LogP contribution is 2.25. The van der Waals surface area contributed by atoms with Crippen molar-refractivity contribution in [2.75, 3.05) is 6.61 Å². The second kappa shape index (κ2) is 6.13. The molecule has 6 nitrogen and oxygen atoms in total. The van der Waals surface area contributed by atoms with Crippen molar-refractivity contribution in [3.8, 4) is 11.5 Å². The number of ketones is 2. The van der Waals surface area contributed by atoms with Gasteiger partial charge in [-0.25, -0.2) is 0 Å². The number of carbonyl (C=O) groups is 2. The minimum absolute atomic E-state index is 0.139. The fourth-order valence-electron chi connectivity index (χ4n) is 1.37. The van der Waals surface area contributed by atoms with Gasteiger partial charge in [0, 0.05) is 6.42 Å². The fourth-order valence-corrected chi connectivity index (χ4v) is 1.37. The summed E-state index contributed by atoms with van der Waals surface area (Å²) in [6, 6.07) is 4.07. The summed E-state index contributed by atoms with van der Waals surface area (Å²) in [7, 11) is 0. The maximum Gasteiger partial charge on any atom is 0.229 e. The zero-order valence-corrected chi connectivity index (χ0v) is 9.54. The highest BCUT2D eigenvalue weighted by atomic mass is 16.3. The summed E-state index contributed by atoms with van der Waals surface area (Å²) in [6.45, 7) is -0.787. The molecule has 1 atom stereocenters. The molecule has 0 saturated carbocycles. The van der Waals surface area contributed by atoms with E-state index in [0.29, 0.717) is 5.56 Å². The van der Waals surface area contributed by atoms with Crippen LogP contribution in [0.3, 0.4) is 0 Å². The molecule has 1 aromatic rings. The zero-order chi connectivity index (χ0) is 13.7. The van der Waals surface area contributed by atoms with E-state index < -0.39 is 24.3 Å². The van der Waals surface area contributed by atoms with Crippen LogP contribution in [-0.2, 0) is 16.0 Å². The van der Waals surface area contributed by atoms with Crippen molar-refractivity contribution in [3.05, 3.63) is 23.8 Å². The molecule has 0 saturated heterocycles. The maximum atomic E-state index is 11.3. The number of hydrogen-bond donors (Lipinski definition) is 4. The van der Waals surface area contributed by atoms with Crippen molar-refractivity contribution in [2.24, 2.45) is 0 Å². The third kappa shape index (κ3) is 3.54. The largest absolute Gasteiger partial charge is 0.504 e. The van der Waals surface area contributed by atoms with E-state index >= 15 is 0 Å². The lowest BCUT2D eigenvalue weighted by atomic mass is 10.0. The van der Waals surface area contributed by atoms with E-state index in [4.69, 9.17) is 15.3 Å². The SMILES string of the molecule is O=C(CCc1ccc(O)c(O)c1)C(=O)C(O)CO. The number of benzene rings is 1. The number of aliphatic hydroxyl groups is 2. The number of phenols is 2. The number of carbonyl (C=O) groups excluding carboxylic acids is 2. The Balaban J connectivity index is 2.57. The molecule has 0 aliphatic rings. The van der Waals surface area contributed by atoms with Crippen LogP contribution >= 0.6 is 0 Å². The summed E-state index contributed by atoms with van der Waals surface area (Å²) in [5.41, 5.74) is 0.574. The normalized spacial score (nSPS) is 12.1. The first-order chi connectivity index (χ1) is 8.45. The molecule has 1 rings (SSSR count). The third-order valence-electron chi connectivity index (χ3n) is 2.43.